The van der Waals surface area contributed by atoms with Crippen LogP contribution in [0, 0.1) is 0 Å². The predicted molar refractivity (Wildman–Crippen MR) is 126 cm³/mol. The van der Waals surface area contributed by atoms with Crippen LogP contribution in [0.4, 0.5) is 5.69 Å². The quantitative estimate of drug-likeness (QED) is 0.211. The number of piperazine rings is 1. The van der Waals surface area contributed by atoms with Crippen molar-refractivity contribution in [1.29, 1.82) is 0 Å². The average Bonchev–Trinajstić information content (AvgIpc) is 3.11. The van der Waals surface area contributed by atoms with Gasteiger partial charge in [-0.15, -0.1) is 35.7 Å². The molecule has 7 nitrogen and oxygen atoms in total. The van der Waals surface area contributed by atoms with Crippen LogP contribution in [-0.2, 0) is 11.8 Å². The molecule has 1 aliphatic rings. The molecule has 0 spiro atoms. The first-order valence-corrected chi connectivity index (χ1v) is 10.2. The summed E-state index contributed by atoms with van der Waals surface area (Å²) < 4.78 is 1.71. The zero-order valence-corrected chi connectivity index (χ0v) is 19.4. The lowest BCUT2D eigenvalue weighted by molar-refractivity contribution is -0.120. The Balaban J connectivity index is 0.00000280. The minimum absolute atomic E-state index is 0. The number of carbonyl (C=O) groups is 1. The molecule has 3 rings (SSSR count). The van der Waals surface area contributed by atoms with E-state index in [0.717, 1.165) is 30.5 Å². The summed E-state index contributed by atoms with van der Waals surface area (Å²) in [6.07, 6.45) is 3.60. The van der Waals surface area contributed by atoms with E-state index in [4.69, 9.17) is 4.99 Å². The number of aryl methyl sites for hydroxylation is 1. The number of aliphatic imine (C=N–C) groups is 1. The van der Waals surface area contributed by atoms with E-state index in [9.17, 15) is 4.79 Å². The monoisotopic (exact) mass is 514 g/mol. The molecule has 0 unspecified atom stereocenters. The van der Waals surface area contributed by atoms with Crippen LogP contribution in [0.2, 0.25) is 0 Å². The van der Waals surface area contributed by atoms with Gasteiger partial charge in [0.25, 0.3) is 0 Å². The summed E-state index contributed by atoms with van der Waals surface area (Å²) in [5, 5.41) is 7.47. The van der Waals surface area contributed by atoms with Gasteiger partial charge in [0, 0.05) is 43.5 Å². The van der Waals surface area contributed by atoms with Crippen LogP contribution in [0.5, 0.6) is 0 Å². The van der Waals surface area contributed by atoms with Crippen LogP contribution in [0.25, 0.3) is 0 Å². The Morgan fingerprint density at radius 2 is 2.07 bits per heavy atom. The van der Waals surface area contributed by atoms with E-state index in [-0.39, 0.29) is 29.9 Å². The molecule has 0 radical (unpaired) electrons. The van der Waals surface area contributed by atoms with Crippen LogP contribution >= 0.6 is 35.7 Å². The Labute approximate surface area is 187 Å². The Kier molecular flexibility index (Phi) is 9.10. The number of hydrogen-bond donors (Lipinski definition) is 1. The Bertz CT molecular complexity index is 782. The van der Waals surface area contributed by atoms with Gasteiger partial charge in [-0.2, -0.15) is 5.10 Å². The summed E-state index contributed by atoms with van der Waals surface area (Å²) >= 11 is 1.79. The molecule has 152 valence electrons. The largest absolute Gasteiger partial charge is 0.357 e. The molecule has 1 saturated heterocycles. The fourth-order valence-electron chi connectivity index (χ4n) is 2.93. The van der Waals surface area contributed by atoms with E-state index < -0.39 is 0 Å². The number of carbonyl (C=O) groups excluding carboxylic acids is 1. The van der Waals surface area contributed by atoms with Crippen molar-refractivity contribution in [3.8, 4) is 0 Å². The molecule has 9 heteroatoms. The van der Waals surface area contributed by atoms with Gasteiger partial charge in [0.15, 0.2) is 5.96 Å². The molecule has 1 aromatic carbocycles. The second kappa shape index (κ2) is 11.3. The molecule has 1 aliphatic heterocycles. The van der Waals surface area contributed by atoms with Crippen molar-refractivity contribution in [2.75, 3.05) is 43.4 Å². The molecule has 0 aliphatic carbocycles. The first-order chi connectivity index (χ1) is 13.2. The van der Waals surface area contributed by atoms with Crippen molar-refractivity contribution >= 4 is 53.3 Å². The van der Waals surface area contributed by atoms with Gasteiger partial charge in [0.2, 0.25) is 5.91 Å². The molecular weight excluding hydrogens is 487 g/mol. The maximum absolute atomic E-state index is 12.6. The van der Waals surface area contributed by atoms with Crippen molar-refractivity contribution < 1.29 is 4.79 Å². The molecule has 1 amide bonds. The summed E-state index contributed by atoms with van der Waals surface area (Å²) in [4.78, 5) is 22.4. The zero-order chi connectivity index (χ0) is 19.1. The third-order valence-electron chi connectivity index (χ3n) is 4.22. The van der Waals surface area contributed by atoms with E-state index in [1.165, 1.54) is 4.90 Å². The molecular formula is C19H27IN6OS. The number of guanidine groups is 1. The van der Waals surface area contributed by atoms with Crippen LogP contribution in [-0.4, -0.2) is 65.0 Å². The second-order valence-corrected chi connectivity index (χ2v) is 7.40. The molecule has 0 bridgehead atoms. The van der Waals surface area contributed by atoms with E-state index in [1.54, 1.807) is 27.5 Å². The first kappa shape index (κ1) is 22.5. The lowest BCUT2D eigenvalue weighted by Gasteiger charge is -2.35. The summed E-state index contributed by atoms with van der Waals surface area (Å²) in [5.41, 5.74) is 0.850. The third-order valence-corrected chi connectivity index (χ3v) is 5.22. The molecule has 1 aromatic heterocycles. The van der Waals surface area contributed by atoms with Gasteiger partial charge in [-0.3, -0.25) is 14.5 Å². The number of thioether (sulfide) groups is 1. The maximum atomic E-state index is 12.6. The molecule has 1 N–H and O–H groups in total. The van der Waals surface area contributed by atoms with Crippen molar-refractivity contribution in [2.24, 2.45) is 12.0 Å². The van der Waals surface area contributed by atoms with Crippen molar-refractivity contribution in [3.63, 3.8) is 0 Å². The minimum atomic E-state index is 0. The van der Waals surface area contributed by atoms with Gasteiger partial charge in [-0.25, -0.2) is 0 Å². The van der Waals surface area contributed by atoms with E-state index in [2.05, 4.69) is 22.5 Å². The lowest BCUT2D eigenvalue weighted by Crippen LogP contribution is -2.55. The fourth-order valence-corrected chi connectivity index (χ4v) is 3.70. The summed E-state index contributed by atoms with van der Waals surface area (Å²) in [6, 6.07) is 10.3. The summed E-state index contributed by atoms with van der Waals surface area (Å²) in [6.45, 7) is 5.24. The van der Waals surface area contributed by atoms with Crippen LogP contribution in [0.1, 0.15) is 6.92 Å². The predicted octanol–water partition coefficient (Wildman–Crippen LogP) is 2.44. The highest BCUT2D eigenvalue weighted by atomic mass is 127. The highest BCUT2D eigenvalue weighted by Gasteiger charge is 2.27. The van der Waals surface area contributed by atoms with Gasteiger partial charge < -0.3 is 15.1 Å². The molecule has 28 heavy (non-hydrogen) atoms. The maximum Gasteiger partial charge on any atom is 0.246 e. The van der Waals surface area contributed by atoms with Crippen molar-refractivity contribution in [1.82, 2.24) is 20.0 Å². The molecule has 1 fully saturated rings. The van der Waals surface area contributed by atoms with Gasteiger partial charge in [-0.1, -0.05) is 18.2 Å². The standard InChI is InChI=1S/C19H26N6OS.HI/c1-3-20-19(21-9-12-27-17-7-5-4-6-8-17)24-10-11-25(18(26)15-24)16-13-22-23(2)14-16;/h4-8,13-14H,3,9-12,15H2,1-2H3,(H,20,21);1H. The Hall–Kier alpha value is -1.75. The van der Waals surface area contributed by atoms with E-state index >= 15 is 0 Å². The smallest absolute Gasteiger partial charge is 0.246 e. The fraction of sp³-hybridized carbons (Fsp3) is 0.421. The highest BCUT2D eigenvalue weighted by molar-refractivity contribution is 14.0. The molecule has 2 heterocycles. The SMILES string of the molecule is CCNC(=NCCSc1ccccc1)N1CCN(c2cnn(C)c2)C(=O)C1.I. The number of nitrogens with one attached hydrogen (secondary N) is 1. The topological polar surface area (TPSA) is 65.8 Å². The number of anilines is 1. The first-order valence-electron chi connectivity index (χ1n) is 9.17. The average molecular weight is 514 g/mol. The minimum Gasteiger partial charge on any atom is -0.357 e. The number of aromatic nitrogens is 2. The number of halogens is 1. The van der Waals surface area contributed by atoms with Crippen molar-refractivity contribution in [3.05, 3.63) is 42.7 Å². The number of hydrogen-bond acceptors (Lipinski definition) is 4. The zero-order valence-electron chi connectivity index (χ0n) is 16.2. The van der Waals surface area contributed by atoms with E-state index in [1.807, 2.05) is 43.3 Å². The molecule has 0 saturated carbocycles. The number of rotatable bonds is 6. The Morgan fingerprint density at radius 3 is 2.71 bits per heavy atom. The van der Waals surface area contributed by atoms with Crippen LogP contribution in [0.3, 0.4) is 0 Å². The second-order valence-electron chi connectivity index (χ2n) is 6.24. The summed E-state index contributed by atoms with van der Waals surface area (Å²) in [7, 11) is 1.85. The van der Waals surface area contributed by atoms with Gasteiger partial charge in [-0.05, 0) is 19.1 Å². The van der Waals surface area contributed by atoms with Crippen molar-refractivity contribution in [2.45, 2.75) is 11.8 Å². The van der Waals surface area contributed by atoms with Gasteiger partial charge in [0.1, 0.15) is 6.54 Å². The van der Waals surface area contributed by atoms with Crippen LogP contribution in [0.15, 0.2) is 52.6 Å². The summed E-state index contributed by atoms with van der Waals surface area (Å²) in [5.74, 6) is 1.78. The number of nitrogens with zero attached hydrogens (tertiary/aromatic N) is 5. The number of amides is 1. The van der Waals surface area contributed by atoms with Crippen LogP contribution < -0.4 is 10.2 Å². The van der Waals surface area contributed by atoms with E-state index in [0.29, 0.717) is 19.6 Å². The lowest BCUT2D eigenvalue weighted by atomic mass is 10.3. The Morgan fingerprint density at radius 1 is 1.29 bits per heavy atom. The van der Waals surface area contributed by atoms with Gasteiger partial charge in [0.05, 0.1) is 18.4 Å². The normalized spacial score (nSPS) is 14.8. The number of benzene rings is 1. The van der Waals surface area contributed by atoms with Gasteiger partial charge >= 0.3 is 0 Å². The third kappa shape index (κ3) is 6.13. The molecule has 0 atom stereocenters. The molecule has 2 aromatic rings. The highest BCUT2D eigenvalue weighted by Crippen LogP contribution is 2.17.